The van der Waals surface area contributed by atoms with E-state index in [9.17, 15) is 27.4 Å². The van der Waals surface area contributed by atoms with Crippen molar-refractivity contribution >= 4 is 27.9 Å². The van der Waals surface area contributed by atoms with Crippen molar-refractivity contribution in [2.75, 3.05) is 0 Å². The van der Waals surface area contributed by atoms with Crippen LogP contribution in [0.1, 0.15) is 90.4 Å². The number of nitrogens with zero attached hydrogens (tertiary/aromatic N) is 1. The summed E-state index contributed by atoms with van der Waals surface area (Å²) in [5.74, 6) is -3.06. The lowest BCUT2D eigenvalue weighted by molar-refractivity contribution is -0.197. The SMILES string of the molecule is CCCCCCCCCCCCCC(=O)ON1C(=O)CC(S(=O)(=O)[O-])C1=O. The molecule has 9 heteroatoms. The molecule has 156 valence electrons. The molecule has 8 nitrogen and oxygen atoms in total. The first-order valence-corrected chi connectivity index (χ1v) is 11.3. The van der Waals surface area contributed by atoms with Crippen LogP contribution >= 0.6 is 0 Å². The third kappa shape index (κ3) is 8.83. The fraction of sp³-hybridized carbons (Fsp3) is 0.833. The Morgan fingerprint density at radius 1 is 1.00 bits per heavy atom. The molecule has 1 aliphatic rings. The average Bonchev–Trinajstić information content (AvgIpc) is 2.88. The molecule has 1 unspecified atom stereocenters. The van der Waals surface area contributed by atoms with Crippen molar-refractivity contribution in [1.82, 2.24) is 5.06 Å². The number of hydrogen-bond acceptors (Lipinski definition) is 7. The van der Waals surface area contributed by atoms with E-state index in [1.54, 1.807) is 0 Å². The van der Waals surface area contributed by atoms with Gasteiger partial charge < -0.3 is 9.39 Å². The minimum atomic E-state index is -4.95. The maximum atomic E-state index is 11.7. The van der Waals surface area contributed by atoms with Crippen molar-refractivity contribution in [3.63, 3.8) is 0 Å². The second-order valence-electron chi connectivity index (χ2n) is 6.96. The molecule has 0 aliphatic carbocycles. The first kappa shape index (κ1) is 23.6. The third-order valence-corrected chi connectivity index (χ3v) is 5.65. The molecule has 1 fully saturated rings. The second kappa shape index (κ2) is 12.1. The van der Waals surface area contributed by atoms with Crippen LogP contribution in [0.5, 0.6) is 0 Å². The molecule has 27 heavy (non-hydrogen) atoms. The Morgan fingerprint density at radius 2 is 1.48 bits per heavy atom. The quantitative estimate of drug-likeness (QED) is 0.248. The van der Waals surface area contributed by atoms with Gasteiger partial charge in [0.25, 0.3) is 11.8 Å². The van der Waals surface area contributed by atoms with Gasteiger partial charge in [-0.3, -0.25) is 9.59 Å². The molecule has 1 heterocycles. The predicted octanol–water partition coefficient (Wildman–Crippen LogP) is 2.82. The molecule has 1 atom stereocenters. The number of carbonyl (C=O) groups is 3. The molecule has 1 rings (SSSR count). The van der Waals surface area contributed by atoms with Crippen molar-refractivity contribution in [3.05, 3.63) is 0 Å². The third-order valence-electron chi connectivity index (χ3n) is 4.59. The summed E-state index contributed by atoms with van der Waals surface area (Å²) in [6.07, 6.45) is 11.6. The number of imide groups is 1. The van der Waals surface area contributed by atoms with Crippen LogP contribution in [-0.4, -0.2) is 41.1 Å². The molecule has 0 aromatic heterocycles. The first-order chi connectivity index (χ1) is 12.8. The Balaban J connectivity index is 2.11. The number of hydroxylamine groups is 2. The molecular weight excluding hydrogens is 374 g/mol. The number of carbonyl (C=O) groups excluding carboxylic acids is 3. The van der Waals surface area contributed by atoms with Crippen molar-refractivity contribution in [2.24, 2.45) is 0 Å². The van der Waals surface area contributed by atoms with Gasteiger partial charge in [-0.15, -0.1) is 5.06 Å². The normalized spacial score (nSPS) is 17.6. The summed E-state index contributed by atoms with van der Waals surface area (Å²) in [7, 11) is -4.95. The van der Waals surface area contributed by atoms with Crippen LogP contribution in [0.3, 0.4) is 0 Å². The molecule has 0 saturated carbocycles. The molecular formula is C18H30NO7S-. The van der Waals surface area contributed by atoms with E-state index in [1.165, 1.54) is 44.9 Å². The molecule has 0 spiro atoms. The van der Waals surface area contributed by atoms with Gasteiger partial charge in [0.15, 0.2) is 0 Å². The van der Waals surface area contributed by atoms with Crippen LogP contribution in [-0.2, 0) is 29.3 Å². The lowest BCUT2D eigenvalue weighted by atomic mass is 10.1. The Bertz CT molecular complexity index is 603. The number of rotatable bonds is 14. The molecule has 0 N–H and O–H groups in total. The molecule has 0 aromatic rings. The first-order valence-electron chi connectivity index (χ1n) is 9.79. The van der Waals surface area contributed by atoms with E-state index < -0.39 is 39.6 Å². The van der Waals surface area contributed by atoms with Gasteiger partial charge >= 0.3 is 5.97 Å². The van der Waals surface area contributed by atoms with Gasteiger partial charge in [-0.05, 0) is 6.42 Å². The molecule has 1 saturated heterocycles. The van der Waals surface area contributed by atoms with E-state index in [-0.39, 0.29) is 11.5 Å². The summed E-state index contributed by atoms with van der Waals surface area (Å²) >= 11 is 0. The van der Waals surface area contributed by atoms with Gasteiger partial charge in [0.1, 0.15) is 15.4 Å². The minimum Gasteiger partial charge on any atom is -0.747 e. The summed E-state index contributed by atoms with van der Waals surface area (Å²) in [6.45, 7) is 2.20. The summed E-state index contributed by atoms with van der Waals surface area (Å²) < 4.78 is 32.7. The molecule has 2 amide bonds. The number of unbranched alkanes of at least 4 members (excludes halogenated alkanes) is 10. The lowest BCUT2D eigenvalue weighted by Gasteiger charge is -2.15. The van der Waals surface area contributed by atoms with Crippen LogP contribution in [0.25, 0.3) is 0 Å². The highest BCUT2D eigenvalue weighted by Crippen LogP contribution is 2.20. The topological polar surface area (TPSA) is 121 Å². The Morgan fingerprint density at radius 3 is 1.93 bits per heavy atom. The van der Waals surface area contributed by atoms with Crippen molar-refractivity contribution < 1.29 is 32.2 Å². The highest BCUT2D eigenvalue weighted by Gasteiger charge is 2.45. The largest absolute Gasteiger partial charge is 0.747 e. The summed E-state index contributed by atoms with van der Waals surface area (Å²) in [6, 6.07) is 0. The lowest BCUT2D eigenvalue weighted by Crippen LogP contribution is -2.36. The van der Waals surface area contributed by atoms with Gasteiger partial charge in [-0.1, -0.05) is 71.1 Å². The van der Waals surface area contributed by atoms with Gasteiger partial charge in [0, 0.05) is 6.42 Å². The minimum absolute atomic E-state index is 0.0306. The van der Waals surface area contributed by atoms with Crippen LogP contribution in [0.15, 0.2) is 0 Å². The Kier molecular flexibility index (Phi) is 10.5. The van der Waals surface area contributed by atoms with Crippen LogP contribution in [0, 0.1) is 0 Å². The summed E-state index contributed by atoms with van der Waals surface area (Å²) in [4.78, 5) is 39.6. The summed E-state index contributed by atoms with van der Waals surface area (Å²) in [5, 5.41) is -1.89. The van der Waals surface area contributed by atoms with Crippen molar-refractivity contribution in [1.29, 1.82) is 0 Å². The van der Waals surface area contributed by atoms with Crippen molar-refractivity contribution in [2.45, 2.75) is 95.6 Å². The van der Waals surface area contributed by atoms with Gasteiger partial charge in [0.2, 0.25) is 0 Å². The van der Waals surface area contributed by atoms with E-state index in [2.05, 4.69) is 11.8 Å². The zero-order chi connectivity index (χ0) is 20.3. The zero-order valence-electron chi connectivity index (χ0n) is 16.0. The van der Waals surface area contributed by atoms with E-state index in [1.807, 2.05) is 0 Å². The van der Waals surface area contributed by atoms with Crippen LogP contribution < -0.4 is 0 Å². The number of amides is 2. The Hall–Kier alpha value is -1.48. The van der Waals surface area contributed by atoms with Gasteiger partial charge in [-0.2, -0.15) is 0 Å². The van der Waals surface area contributed by atoms with Crippen molar-refractivity contribution in [3.8, 4) is 0 Å². The van der Waals surface area contributed by atoms with E-state index in [0.29, 0.717) is 6.42 Å². The second-order valence-corrected chi connectivity index (χ2v) is 8.52. The fourth-order valence-corrected chi connectivity index (χ4v) is 3.67. The maximum absolute atomic E-state index is 11.7. The van der Waals surface area contributed by atoms with E-state index >= 15 is 0 Å². The molecule has 0 aromatic carbocycles. The standard InChI is InChI=1S/C18H31NO7S/c1-2-3-4-5-6-7-8-9-10-11-12-13-17(21)26-19-16(20)14-15(18(19)22)27(23,24)25/h15H,2-14H2,1H3,(H,23,24,25)/p-1. The van der Waals surface area contributed by atoms with Crippen LogP contribution in [0.2, 0.25) is 0 Å². The maximum Gasteiger partial charge on any atom is 0.333 e. The molecule has 0 bridgehead atoms. The monoisotopic (exact) mass is 404 g/mol. The predicted molar refractivity (Wildman–Crippen MR) is 97.1 cm³/mol. The number of hydrogen-bond donors (Lipinski definition) is 0. The Labute approximate surface area is 161 Å². The van der Waals surface area contributed by atoms with Crippen LogP contribution in [0.4, 0.5) is 0 Å². The van der Waals surface area contributed by atoms with E-state index in [0.717, 1.165) is 19.3 Å². The fourth-order valence-electron chi connectivity index (χ4n) is 2.98. The van der Waals surface area contributed by atoms with E-state index in [4.69, 9.17) is 0 Å². The smallest absolute Gasteiger partial charge is 0.333 e. The highest BCUT2D eigenvalue weighted by atomic mass is 32.2. The van der Waals surface area contributed by atoms with Gasteiger partial charge in [0.05, 0.1) is 6.42 Å². The molecule has 0 radical (unpaired) electrons. The molecule has 1 aliphatic heterocycles. The average molecular weight is 405 g/mol. The zero-order valence-corrected chi connectivity index (χ0v) is 16.8. The summed E-state index contributed by atoms with van der Waals surface area (Å²) in [5.41, 5.74) is 0. The van der Waals surface area contributed by atoms with Gasteiger partial charge in [-0.25, -0.2) is 13.2 Å². The highest BCUT2D eigenvalue weighted by molar-refractivity contribution is 7.87.